The Kier molecular flexibility index (Phi) is 6.56. The van der Waals surface area contributed by atoms with Crippen molar-refractivity contribution in [1.29, 1.82) is 0 Å². The summed E-state index contributed by atoms with van der Waals surface area (Å²) in [7, 11) is 3.91. The number of carbonyl (C=O) groups excluding carboxylic acids is 2. The van der Waals surface area contributed by atoms with Gasteiger partial charge in [0.2, 0.25) is 5.91 Å². The van der Waals surface area contributed by atoms with Crippen molar-refractivity contribution in [2.45, 2.75) is 12.8 Å². The molecule has 0 spiro atoms. The molecule has 6 nitrogen and oxygen atoms in total. The zero-order chi connectivity index (χ0) is 20.8. The van der Waals surface area contributed by atoms with E-state index in [-0.39, 0.29) is 18.2 Å². The number of carbonyl (C=O) groups is 2. The van der Waals surface area contributed by atoms with Crippen LogP contribution in [0.25, 0.3) is 0 Å². The van der Waals surface area contributed by atoms with E-state index in [4.69, 9.17) is 0 Å². The highest BCUT2D eigenvalue weighted by atomic mass is 32.1. The molecule has 0 saturated heterocycles. The molecule has 1 heterocycles. The molecule has 2 N–H and O–H groups in total. The summed E-state index contributed by atoms with van der Waals surface area (Å²) in [6.45, 7) is 0. The minimum atomic E-state index is -0.398. The van der Waals surface area contributed by atoms with Crippen molar-refractivity contribution in [3.63, 3.8) is 0 Å². The van der Waals surface area contributed by atoms with Gasteiger partial charge in [0.05, 0.1) is 5.69 Å². The molecule has 0 atom stereocenters. The van der Waals surface area contributed by atoms with Gasteiger partial charge in [-0.05, 0) is 55.0 Å². The van der Waals surface area contributed by atoms with Crippen molar-refractivity contribution < 1.29 is 14.0 Å². The number of nitrogens with zero attached hydrogens (tertiary/aromatic N) is 2. The van der Waals surface area contributed by atoms with Crippen molar-refractivity contribution in [1.82, 2.24) is 4.98 Å². The van der Waals surface area contributed by atoms with E-state index < -0.39 is 5.82 Å². The van der Waals surface area contributed by atoms with Crippen LogP contribution in [0.5, 0.6) is 0 Å². The number of benzene rings is 2. The van der Waals surface area contributed by atoms with Crippen molar-refractivity contribution in [2.75, 3.05) is 29.6 Å². The van der Waals surface area contributed by atoms with Gasteiger partial charge >= 0.3 is 0 Å². The summed E-state index contributed by atoms with van der Waals surface area (Å²) in [6.07, 6.45) is 0.745. The number of thiazole rings is 1. The molecular weight excluding hydrogens is 391 g/mol. The number of aryl methyl sites for hydroxylation is 1. The fourth-order valence-corrected chi connectivity index (χ4v) is 3.30. The zero-order valence-corrected chi connectivity index (χ0v) is 16.9. The summed E-state index contributed by atoms with van der Waals surface area (Å²) in [5.74, 6) is -0.859. The van der Waals surface area contributed by atoms with Gasteiger partial charge in [0.15, 0.2) is 5.13 Å². The van der Waals surface area contributed by atoms with E-state index in [0.29, 0.717) is 17.1 Å². The SMILES string of the molecule is CN(C)c1ccc(NC(=O)CCc2csc(NC(=O)c3ccc(F)cc3)n2)cc1. The number of hydrogen-bond donors (Lipinski definition) is 2. The molecule has 3 rings (SSSR count). The minimum absolute atomic E-state index is 0.104. The summed E-state index contributed by atoms with van der Waals surface area (Å²) < 4.78 is 12.9. The van der Waals surface area contributed by atoms with Crippen molar-refractivity contribution >= 4 is 39.7 Å². The Balaban J connectivity index is 1.49. The largest absolute Gasteiger partial charge is 0.378 e. The van der Waals surface area contributed by atoms with Crippen LogP contribution in [0.3, 0.4) is 0 Å². The number of aromatic nitrogens is 1. The van der Waals surface area contributed by atoms with Crippen LogP contribution in [0, 0.1) is 5.82 Å². The molecule has 150 valence electrons. The Morgan fingerprint density at radius 1 is 1.03 bits per heavy atom. The summed E-state index contributed by atoms with van der Waals surface area (Å²) in [6, 6.07) is 12.9. The molecule has 2 amide bonds. The molecule has 2 aromatic carbocycles. The second kappa shape index (κ2) is 9.29. The molecular formula is C21H21FN4O2S. The normalized spacial score (nSPS) is 10.4. The summed E-state index contributed by atoms with van der Waals surface area (Å²) in [5, 5.41) is 7.79. The Morgan fingerprint density at radius 3 is 2.38 bits per heavy atom. The van der Waals surface area contributed by atoms with Gasteiger partial charge in [-0.15, -0.1) is 11.3 Å². The number of amides is 2. The van der Waals surface area contributed by atoms with E-state index in [9.17, 15) is 14.0 Å². The van der Waals surface area contributed by atoms with Crippen LogP contribution in [-0.2, 0) is 11.2 Å². The molecule has 0 aliphatic carbocycles. The van der Waals surface area contributed by atoms with E-state index >= 15 is 0 Å². The fourth-order valence-electron chi connectivity index (χ4n) is 2.56. The maximum absolute atomic E-state index is 12.9. The zero-order valence-electron chi connectivity index (χ0n) is 16.1. The molecule has 0 bridgehead atoms. The average molecular weight is 412 g/mol. The summed E-state index contributed by atoms with van der Waals surface area (Å²) in [4.78, 5) is 30.6. The van der Waals surface area contributed by atoms with Gasteiger partial charge in [-0.25, -0.2) is 9.37 Å². The van der Waals surface area contributed by atoms with Gasteiger partial charge in [-0.3, -0.25) is 14.9 Å². The predicted octanol–water partition coefficient (Wildman–Crippen LogP) is 4.17. The third kappa shape index (κ3) is 5.86. The Bertz CT molecular complexity index is 985. The van der Waals surface area contributed by atoms with Gasteiger partial charge in [0.25, 0.3) is 5.91 Å². The van der Waals surface area contributed by atoms with Crippen molar-refractivity contribution in [3.05, 3.63) is 71.0 Å². The lowest BCUT2D eigenvalue weighted by molar-refractivity contribution is -0.116. The smallest absolute Gasteiger partial charge is 0.257 e. The molecule has 0 saturated carbocycles. The molecule has 0 radical (unpaired) electrons. The molecule has 1 aromatic heterocycles. The van der Waals surface area contributed by atoms with Crippen LogP contribution < -0.4 is 15.5 Å². The third-order valence-corrected chi connectivity index (χ3v) is 4.96. The van der Waals surface area contributed by atoms with Gasteiger partial charge in [0.1, 0.15) is 5.82 Å². The van der Waals surface area contributed by atoms with E-state index in [0.717, 1.165) is 17.1 Å². The van der Waals surface area contributed by atoms with Crippen LogP contribution in [0.15, 0.2) is 53.9 Å². The standard InChI is InChI=1S/C21H21FN4O2S/c1-26(2)18-10-7-16(8-11-18)23-19(27)12-9-17-13-29-21(24-17)25-20(28)14-3-5-15(22)6-4-14/h3-8,10-11,13H,9,12H2,1-2H3,(H,23,27)(H,24,25,28). The predicted molar refractivity (Wildman–Crippen MR) is 114 cm³/mol. The number of hydrogen-bond acceptors (Lipinski definition) is 5. The van der Waals surface area contributed by atoms with Crippen molar-refractivity contribution in [3.8, 4) is 0 Å². The maximum atomic E-state index is 12.9. The molecule has 0 aliphatic rings. The average Bonchev–Trinajstić information content (AvgIpc) is 3.14. The number of halogens is 1. The summed E-state index contributed by atoms with van der Waals surface area (Å²) in [5.41, 5.74) is 2.87. The first kappa shape index (κ1) is 20.5. The van der Waals surface area contributed by atoms with Crippen LogP contribution in [0.1, 0.15) is 22.5 Å². The van der Waals surface area contributed by atoms with Gasteiger partial charge in [-0.2, -0.15) is 0 Å². The van der Waals surface area contributed by atoms with E-state index in [1.807, 2.05) is 43.3 Å². The Hall–Kier alpha value is -3.26. The monoisotopic (exact) mass is 412 g/mol. The van der Waals surface area contributed by atoms with E-state index in [1.165, 1.54) is 35.6 Å². The minimum Gasteiger partial charge on any atom is -0.378 e. The first-order chi connectivity index (χ1) is 13.9. The Morgan fingerprint density at radius 2 is 1.72 bits per heavy atom. The van der Waals surface area contributed by atoms with E-state index in [1.54, 1.807) is 5.38 Å². The first-order valence-corrected chi connectivity index (χ1v) is 9.87. The Labute approximate surface area is 172 Å². The van der Waals surface area contributed by atoms with Gasteiger partial charge in [0, 0.05) is 42.8 Å². The first-order valence-electron chi connectivity index (χ1n) is 8.99. The molecule has 0 fully saturated rings. The topological polar surface area (TPSA) is 74.3 Å². The molecule has 29 heavy (non-hydrogen) atoms. The molecule has 0 unspecified atom stereocenters. The van der Waals surface area contributed by atoms with Crippen molar-refractivity contribution in [2.24, 2.45) is 0 Å². The number of rotatable bonds is 7. The quantitative estimate of drug-likeness (QED) is 0.611. The highest BCUT2D eigenvalue weighted by molar-refractivity contribution is 7.14. The lowest BCUT2D eigenvalue weighted by Gasteiger charge is -2.13. The highest BCUT2D eigenvalue weighted by Gasteiger charge is 2.11. The molecule has 3 aromatic rings. The molecule has 0 aliphatic heterocycles. The van der Waals surface area contributed by atoms with Gasteiger partial charge < -0.3 is 10.2 Å². The lowest BCUT2D eigenvalue weighted by Crippen LogP contribution is -2.13. The third-order valence-electron chi connectivity index (χ3n) is 4.15. The van der Waals surface area contributed by atoms with Crippen LogP contribution in [-0.4, -0.2) is 30.9 Å². The van der Waals surface area contributed by atoms with Crippen LogP contribution in [0.2, 0.25) is 0 Å². The highest BCUT2D eigenvalue weighted by Crippen LogP contribution is 2.19. The van der Waals surface area contributed by atoms with Crippen LogP contribution in [0.4, 0.5) is 20.9 Å². The number of nitrogens with one attached hydrogen (secondary N) is 2. The second-order valence-corrected chi connectivity index (χ2v) is 7.45. The van der Waals surface area contributed by atoms with Gasteiger partial charge in [-0.1, -0.05) is 0 Å². The fraction of sp³-hybridized carbons (Fsp3) is 0.190. The second-order valence-electron chi connectivity index (χ2n) is 6.59. The summed E-state index contributed by atoms with van der Waals surface area (Å²) >= 11 is 1.28. The van der Waals surface area contributed by atoms with E-state index in [2.05, 4.69) is 15.6 Å². The maximum Gasteiger partial charge on any atom is 0.257 e. The lowest BCUT2D eigenvalue weighted by atomic mass is 10.2. The molecule has 8 heteroatoms. The van der Waals surface area contributed by atoms with Crippen LogP contribution >= 0.6 is 11.3 Å². The number of anilines is 3.